The molecule has 4 aromatic rings. The van der Waals surface area contributed by atoms with Crippen molar-refractivity contribution < 1.29 is 34.4 Å². The maximum absolute atomic E-state index is 12.2. The number of aliphatic hydroxyl groups excluding tert-OH is 1. The highest BCUT2D eigenvalue weighted by molar-refractivity contribution is 6.30. The minimum Gasteiger partial charge on any atom is -0.481 e. The van der Waals surface area contributed by atoms with E-state index in [1.165, 1.54) is 0 Å². The van der Waals surface area contributed by atoms with E-state index in [2.05, 4.69) is 10.2 Å². The van der Waals surface area contributed by atoms with Crippen LogP contribution in [-0.4, -0.2) is 57.8 Å². The maximum atomic E-state index is 12.2. The van der Waals surface area contributed by atoms with Gasteiger partial charge in [0.15, 0.2) is 6.29 Å². The number of carbonyl (C=O) groups is 2. The van der Waals surface area contributed by atoms with E-state index in [-0.39, 0.29) is 37.6 Å². The number of halogens is 1. The molecule has 2 saturated heterocycles. The van der Waals surface area contributed by atoms with Crippen LogP contribution in [-0.2, 0) is 37.8 Å². The molecule has 0 aromatic heterocycles. The van der Waals surface area contributed by atoms with Crippen LogP contribution in [0.3, 0.4) is 0 Å². The van der Waals surface area contributed by atoms with Gasteiger partial charge in [0, 0.05) is 56.0 Å². The fourth-order valence-electron chi connectivity index (χ4n) is 6.86. The summed E-state index contributed by atoms with van der Waals surface area (Å²) in [6, 6.07) is 31.5. The lowest BCUT2D eigenvalue weighted by atomic mass is 9.84. The molecule has 2 aliphatic heterocycles. The van der Waals surface area contributed by atoms with Crippen molar-refractivity contribution in [3.63, 3.8) is 0 Å². The molecule has 0 radical (unpaired) electrons. The largest absolute Gasteiger partial charge is 0.481 e. The van der Waals surface area contributed by atoms with Gasteiger partial charge in [0.1, 0.15) is 0 Å². The van der Waals surface area contributed by atoms with Crippen molar-refractivity contribution in [2.45, 2.75) is 75.8 Å². The zero-order valence-corrected chi connectivity index (χ0v) is 29.3. The summed E-state index contributed by atoms with van der Waals surface area (Å²) in [5, 5.41) is 33.3. The third-order valence-corrected chi connectivity index (χ3v) is 10.1. The molecule has 2 fully saturated rings. The van der Waals surface area contributed by atoms with Gasteiger partial charge in [0.05, 0.1) is 24.4 Å². The number of likely N-dealkylation sites (tertiary alicyclic amines) is 1. The van der Waals surface area contributed by atoms with Gasteiger partial charge >= 0.3 is 5.97 Å². The van der Waals surface area contributed by atoms with Crippen LogP contribution in [0, 0.1) is 0 Å². The average molecular weight is 713 g/mol. The Bertz CT molecular complexity index is 1760. The number of carboxylic acids is 1. The van der Waals surface area contributed by atoms with E-state index in [4.69, 9.17) is 26.2 Å². The van der Waals surface area contributed by atoms with Crippen molar-refractivity contribution in [2.75, 3.05) is 19.6 Å². The number of carbonyl (C=O) groups excluding carboxylic acids is 1. The minimum atomic E-state index is -0.903. The number of carboxylic acid groups (broad SMARTS) is 1. The maximum Gasteiger partial charge on any atom is 0.303 e. The van der Waals surface area contributed by atoms with Gasteiger partial charge in [-0.1, -0.05) is 90.5 Å². The number of aliphatic carboxylic acids is 1. The summed E-state index contributed by atoms with van der Waals surface area (Å²) in [5.74, 6) is -1.07. The average Bonchev–Trinajstić information content (AvgIpc) is 3.15. The highest BCUT2D eigenvalue weighted by Crippen LogP contribution is 2.40. The number of hydrogen-bond acceptors (Lipinski definition) is 7. The molecule has 9 nitrogen and oxygen atoms in total. The quantitative estimate of drug-likeness (QED) is 0.118. The summed E-state index contributed by atoms with van der Waals surface area (Å²) >= 11 is 6.08. The number of ether oxygens (including phenoxy) is 2. The molecule has 2 heterocycles. The highest BCUT2D eigenvalue weighted by atomic mass is 35.5. The molecular weight excluding hydrogens is 668 g/mol. The molecule has 51 heavy (non-hydrogen) atoms. The van der Waals surface area contributed by atoms with Crippen LogP contribution < -0.4 is 5.32 Å². The smallest absolute Gasteiger partial charge is 0.303 e. The van der Waals surface area contributed by atoms with E-state index >= 15 is 0 Å². The molecule has 268 valence electrons. The Balaban J connectivity index is 1.12. The van der Waals surface area contributed by atoms with Crippen molar-refractivity contribution in [1.29, 1.82) is 0 Å². The summed E-state index contributed by atoms with van der Waals surface area (Å²) < 4.78 is 13.2. The summed E-state index contributed by atoms with van der Waals surface area (Å²) in [4.78, 5) is 25.2. The van der Waals surface area contributed by atoms with Crippen molar-refractivity contribution >= 4 is 23.5 Å². The number of amides is 1. The van der Waals surface area contributed by atoms with E-state index in [1.807, 2.05) is 97.1 Å². The molecule has 6 rings (SSSR count). The number of hydrogen-bond donors (Lipinski definition) is 4. The molecule has 0 aliphatic carbocycles. The van der Waals surface area contributed by atoms with Gasteiger partial charge in [-0.05, 0) is 70.8 Å². The minimum absolute atomic E-state index is 0.0179. The Labute approximate surface area is 303 Å². The summed E-state index contributed by atoms with van der Waals surface area (Å²) in [6.45, 7) is 2.53. The third-order valence-electron chi connectivity index (χ3n) is 9.87. The summed E-state index contributed by atoms with van der Waals surface area (Å²) in [7, 11) is 0. The van der Waals surface area contributed by atoms with Gasteiger partial charge in [-0.25, -0.2) is 0 Å². The van der Waals surface area contributed by atoms with Crippen LogP contribution in [0.2, 0.25) is 5.02 Å². The number of nitrogens with zero attached hydrogens (tertiary/aromatic N) is 1. The molecule has 0 bridgehead atoms. The van der Waals surface area contributed by atoms with Gasteiger partial charge in [0.25, 0.3) is 0 Å². The van der Waals surface area contributed by atoms with Crippen LogP contribution in [0.5, 0.6) is 0 Å². The van der Waals surface area contributed by atoms with Crippen molar-refractivity contribution in [1.82, 2.24) is 10.2 Å². The number of benzene rings is 4. The van der Waals surface area contributed by atoms with Crippen LogP contribution in [0.25, 0.3) is 11.1 Å². The number of aliphatic hydroxyl groups is 2. The number of piperidine rings is 1. The fourth-order valence-corrected chi connectivity index (χ4v) is 6.98. The molecule has 10 heteroatoms. The molecule has 1 amide bonds. The Hall–Kier alpha value is -4.09. The third kappa shape index (κ3) is 9.83. The summed E-state index contributed by atoms with van der Waals surface area (Å²) in [5.41, 5.74) is 5.76. The van der Waals surface area contributed by atoms with Gasteiger partial charge in [-0.15, -0.1) is 0 Å². The van der Waals surface area contributed by atoms with Gasteiger partial charge in [-0.2, -0.15) is 0 Å². The molecule has 2 aliphatic rings. The first-order valence-corrected chi connectivity index (χ1v) is 17.9. The van der Waals surface area contributed by atoms with Crippen LogP contribution in [0.1, 0.15) is 78.7 Å². The Kier molecular flexibility index (Phi) is 12.2. The standard InChI is InChI=1S/C41H45ClN2O7/c42-35-17-15-34(16-18-35)41(49)19-21-44(22-20-41)26-36-24-37(31-9-7-28(27-45)8-10-31)51-40(50-36)32-13-11-30(12-14-32)33-4-1-3-29(23-33)25-43-38(46)5-2-6-39(47)48/h1,3-4,7-18,23,36-37,40,45,49H,2,5-6,19-22,24-27H2,(H,43,46)(H,47,48). The first-order chi connectivity index (χ1) is 24.7. The molecule has 4 N–H and O–H groups in total. The lowest BCUT2D eigenvalue weighted by Gasteiger charge is -2.42. The van der Waals surface area contributed by atoms with E-state index < -0.39 is 17.9 Å². The zero-order valence-electron chi connectivity index (χ0n) is 28.5. The fraction of sp³-hybridized carbons (Fsp3) is 0.366. The van der Waals surface area contributed by atoms with E-state index in [9.17, 15) is 19.8 Å². The number of nitrogens with one attached hydrogen (secondary N) is 1. The van der Waals surface area contributed by atoms with E-state index in [0.717, 1.165) is 52.0 Å². The SMILES string of the molecule is O=C(O)CCCC(=O)NCc1cccc(-c2ccc(C3OC(CN4CCC(O)(c5ccc(Cl)cc5)CC4)CC(c4ccc(CO)cc4)O3)cc2)c1. The van der Waals surface area contributed by atoms with Gasteiger partial charge in [-0.3, -0.25) is 9.59 Å². The monoisotopic (exact) mass is 712 g/mol. The Morgan fingerprint density at radius 2 is 1.55 bits per heavy atom. The van der Waals surface area contributed by atoms with Crippen molar-refractivity contribution in [3.8, 4) is 11.1 Å². The zero-order chi connectivity index (χ0) is 35.8. The molecule has 0 saturated carbocycles. The van der Waals surface area contributed by atoms with E-state index in [1.54, 1.807) is 0 Å². The number of rotatable bonds is 13. The second-order valence-electron chi connectivity index (χ2n) is 13.5. The topological polar surface area (TPSA) is 129 Å². The van der Waals surface area contributed by atoms with Crippen molar-refractivity contribution in [3.05, 3.63) is 130 Å². The molecule has 3 atom stereocenters. The molecule has 3 unspecified atom stereocenters. The second kappa shape index (κ2) is 17.0. The van der Waals surface area contributed by atoms with Gasteiger partial charge < -0.3 is 35.0 Å². The lowest BCUT2D eigenvalue weighted by Crippen LogP contribution is -2.46. The predicted molar refractivity (Wildman–Crippen MR) is 195 cm³/mol. The first kappa shape index (κ1) is 36.7. The normalized spacial score (nSPS) is 20.5. The predicted octanol–water partition coefficient (Wildman–Crippen LogP) is 6.90. The van der Waals surface area contributed by atoms with E-state index in [0.29, 0.717) is 43.8 Å². The summed E-state index contributed by atoms with van der Waals surface area (Å²) in [6.07, 6.45) is 1.49. The molecule has 4 aromatic carbocycles. The van der Waals surface area contributed by atoms with Crippen LogP contribution in [0.4, 0.5) is 0 Å². The van der Waals surface area contributed by atoms with Crippen molar-refractivity contribution in [2.24, 2.45) is 0 Å². The Morgan fingerprint density at radius 3 is 2.24 bits per heavy atom. The Morgan fingerprint density at radius 1 is 0.843 bits per heavy atom. The van der Waals surface area contributed by atoms with Gasteiger partial charge in [0.2, 0.25) is 5.91 Å². The lowest BCUT2D eigenvalue weighted by molar-refractivity contribution is -0.253. The van der Waals surface area contributed by atoms with Crippen LogP contribution >= 0.6 is 11.6 Å². The van der Waals surface area contributed by atoms with Crippen LogP contribution in [0.15, 0.2) is 97.1 Å². The second-order valence-corrected chi connectivity index (χ2v) is 14.0. The first-order valence-electron chi connectivity index (χ1n) is 17.6. The highest BCUT2D eigenvalue weighted by Gasteiger charge is 2.37. The molecule has 0 spiro atoms. The molecular formula is C41H45ClN2O7.